The Balaban J connectivity index is 4.61. The van der Waals surface area contributed by atoms with E-state index in [-0.39, 0.29) is 5.41 Å². The van der Waals surface area contributed by atoms with Crippen LogP contribution in [0.15, 0.2) is 0 Å². The van der Waals surface area contributed by atoms with Crippen LogP contribution in [0.5, 0.6) is 0 Å². The molecular weight excluding hydrogens is 167 g/mol. The second kappa shape index (κ2) is 3.64. The molecule has 0 bridgehead atoms. The molecule has 0 amide bonds. The summed E-state index contributed by atoms with van der Waals surface area (Å²) in [6, 6.07) is 0. The van der Waals surface area contributed by atoms with Gasteiger partial charge >= 0.3 is 0 Å². The first kappa shape index (κ1) is 12.4. The fourth-order valence-electron chi connectivity index (χ4n) is 1.24. The first-order valence-corrected chi connectivity index (χ1v) is 5.25. The largest absolute Gasteiger partial charge is 0.390 e. The third-order valence-corrected chi connectivity index (χ3v) is 4.73. The summed E-state index contributed by atoms with van der Waals surface area (Å²) in [5, 5.41) is 9.95. The number of rotatable bonds is 3. The molecule has 0 aliphatic carbocycles. The highest BCUT2D eigenvalue weighted by Gasteiger charge is 2.40. The lowest BCUT2D eigenvalue weighted by atomic mass is 9.71. The molecule has 0 saturated carbocycles. The summed E-state index contributed by atoms with van der Waals surface area (Å²) in [6.45, 7) is 12.4. The Hall–Kier alpha value is 0.390. The van der Waals surface area contributed by atoms with Crippen molar-refractivity contribution in [2.75, 3.05) is 0 Å². The molecule has 1 nitrogen and oxygen atoms in total. The maximum atomic E-state index is 9.95. The van der Waals surface area contributed by atoms with Crippen molar-refractivity contribution in [2.45, 2.75) is 52.8 Å². The molecule has 12 heavy (non-hydrogen) atoms. The monoisotopic (exact) mass is 190 g/mol. The normalized spacial score (nSPS) is 16.8. The quantitative estimate of drug-likeness (QED) is 0.678. The van der Waals surface area contributed by atoms with E-state index in [1.165, 1.54) is 0 Å². The van der Waals surface area contributed by atoms with Crippen LogP contribution in [0.1, 0.15) is 41.5 Å². The molecule has 0 fully saturated rings. The van der Waals surface area contributed by atoms with Gasteiger partial charge in [-0.3, -0.25) is 0 Å². The predicted molar refractivity (Wildman–Crippen MR) is 58.4 cm³/mol. The van der Waals surface area contributed by atoms with Gasteiger partial charge in [0.15, 0.2) is 0 Å². The van der Waals surface area contributed by atoms with Crippen LogP contribution in [0.2, 0.25) is 0 Å². The van der Waals surface area contributed by atoms with Gasteiger partial charge in [-0.2, -0.15) is 0 Å². The second-order valence-corrected chi connectivity index (χ2v) is 5.77. The molecule has 0 radical (unpaired) electrons. The third kappa shape index (κ3) is 2.44. The predicted octanol–water partition coefficient (Wildman–Crippen LogP) is 2.68. The van der Waals surface area contributed by atoms with Gasteiger partial charge in [0.25, 0.3) is 0 Å². The van der Waals surface area contributed by atoms with E-state index in [0.29, 0.717) is 11.6 Å². The zero-order valence-corrected chi connectivity index (χ0v) is 10.3. The molecular formula is C10H23OP. The van der Waals surface area contributed by atoms with Crippen LogP contribution in [0.3, 0.4) is 0 Å². The van der Waals surface area contributed by atoms with Gasteiger partial charge in [0.05, 0.1) is 5.60 Å². The molecule has 0 heterocycles. The van der Waals surface area contributed by atoms with E-state index in [4.69, 9.17) is 0 Å². The zero-order valence-electron chi connectivity index (χ0n) is 9.18. The molecule has 0 aliphatic heterocycles. The topological polar surface area (TPSA) is 20.2 Å². The van der Waals surface area contributed by atoms with Crippen LogP contribution in [0, 0.1) is 11.3 Å². The Kier molecular flexibility index (Phi) is 3.75. The molecule has 0 aromatic carbocycles. The molecule has 0 aromatic heterocycles. The highest BCUT2D eigenvalue weighted by atomic mass is 31.0. The summed E-state index contributed by atoms with van der Waals surface area (Å²) in [5.41, 5.74) is -0.243. The van der Waals surface area contributed by atoms with E-state index < -0.39 is 5.60 Å². The maximum Gasteiger partial charge on any atom is 0.0648 e. The van der Waals surface area contributed by atoms with Crippen molar-refractivity contribution in [3.63, 3.8) is 0 Å². The van der Waals surface area contributed by atoms with E-state index in [2.05, 4.69) is 36.9 Å². The van der Waals surface area contributed by atoms with Crippen LogP contribution < -0.4 is 0 Å². The van der Waals surface area contributed by atoms with Gasteiger partial charge in [-0.25, -0.2) is 0 Å². The molecule has 0 rings (SSSR count). The lowest BCUT2D eigenvalue weighted by molar-refractivity contribution is -0.0414. The molecule has 2 atom stereocenters. The molecule has 0 aliphatic rings. The minimum absolute atomic E-state index is 0.0637. The Labute approximate surface area is 79.1 Å². The Morgan fingerprint density at radius 3 is 1.50 bits per heavy atom. The fourth-order valence-corrected chi connectivity index (χ4v) is 1.65. The van der Waals surface area contributed by atoms with E-state index in [9.17, 15) is 5.11 Å². The van der Waals surface area contributed by atoms with Gasteiger partial charge in [0.2, 0.25) is 0 Å². The van der Waals surface area contributed by atoms with E-state index in [1.807, 2.05) is 13.8 Å². The van der Waals surface area contributed by atoms with Crippen molar-refractivity contribution in [3.8, 4) is 0 Å². The molecule has 2 heteroatoms. The molecule has 0 aromatic rings. The van der Waals surface area contributed by atoms with Gasteiger partial charge in [-0.1, -0.05) is 27.7 Å². The van der Waals surface area contributed by atoms with E-state index in [0.717, 1.165) is 0 Å². The minimum Gasteiger partial charge on any atom is -0.390 e. The lowest BCUT2D eigenvalue weighted by Crippen LogP contribution is -2.46. The second-order valence-electron chi connectivity index (χ2n) is 5.05. The van der Waals surface area contributed by atoms with Crippen LogP contribution in [-0.2, 0) is 0 Å². The van der Waals surface area contributed by atoms with Crippen LogP contribution >= 0.6 is 9.24 Å². The first-order valence-electron chi connectivity index (χ1n) is 4.58. The van der Waals surface area contributed by atoms with Gasteiger partial charge in [0, 0.05) is 0 Å². The lowest BCUT2D eigenvalue weighted by Gasteiger charge is -2.43. The van der Waals surface area contributed by atoms with Crippen molar-refractivity contribution in [2.24, 2.45) is 11.3 Å². The summed E-state index contributed by atoms with van der Waals surface area (Å²) < 4.78 is 0. The number of hydrogen-bond acceptors (Lipinski definition) is 1. The highest BCUT2D eigenvalue weighted by molar-refractivity contribution is 7.17. The molecule has 1 N–H and O–H groups in total. The van der Waals surface area contributed by atoms with Gasteiger partial charge < -0.3 is 5.11 Å². The Bertz CT molecular complexity index is 144. The zero-order chi connectivity index (χ0) is 10.2. The fraction of sp³-hybridized carbons (Fsp3) is 1.00. The van der Waals surface area contributed by atoms with Crippen molar-refractivity contribution in [1.29, 1.82) is 0 Å². The minimum atomic E-state index is -0.621. The average molecular weight is 190 g/mol. The van der Waals surface area contributed by atoms with Crippen LogP contribution in [0.4, 0.5) is 0 Å². The Morgan fingerprint density at radius 2 is 1.42 bits per heavy atom. The van der Waals surface area contributed by atoms with Crippen molar-refractivity contribution < 1.29 is 5.11 Å². The summed E-state index contributed by atoms with van der Waals surface area (Å²) >= 11 is 0. The van der Waals surface area contributed by atoms with E-state index >= 15 is 0 Å². The van der Waals surface area contributed by atoms with Gasteiger partial charge in [-0.05, 0) is 30.8 Å². The smallest absolute Gasteiger partial charge is 0.0648 e. The summed E-state index contributed by atoms with van der Waals surface area (Å²) in [7, 11) is 2.85. The number of aliphatic hydroxyl groups is 1. The third-order valence-electron chi connectivity index (χ3n) is 3.13. The maximum absolute atomic E-state index is 9.95. The van der Waals surface area contributed by atoms with Crippen molar-refractivity contribution >= 4 is 9.24 Å². The summed E-state index contributed by atoms with van der Waals surface area (Å²) in [6.07, 6.45) is 0. The average Bonchev–Trinajstić information content (AvgIpc) is 1.83. The molecule has 74 valence electrons. The SMILES string of the molecule is CC(C)C(P)C(C)(C)C(C)(C)O. The molecule has 0 spiro atoms. The summed E-state index contributed by atoms with van der Waals surface area (Å²) in [4.78, 5) is 0. The Morgan fingerprint density at radius 1 is 1.08 bits per heavy atom. The van der Waals surface area contributed by atoms with E-state index in [1.54, 1.807) is 0 Å². The van der Waals surface area contributed by atoms with Crippen LogP contribution in [-0.4, -0.2) is 16.4 Å². The first-order chi connectivity index (χ1) is 5.10. The van der Waals surface area contributed by atoms with Gasteiger partial charge in [-0.15, -0.1) is 9.24 Å². The van der Waals surface area contributed by atoms with Crippen LogP contribution in [0.25, 0.3) is 0 Å². The molecule has 2 unspecified atom stereocenters. The standard InChI is InChI=1S/C10H23OP/c1-7(2)8(12)9(3,4)10(5,6)11/h7-8,11H,12H2,1-6H3. The van der Waals surface area contributed by atoms with Crippen molar-refractivity contribution in [1.82, 2.24) is 0 Å². The highest BCUT2D eigenvalue weighted by Crippen LogP contribution is 2.41. The summed E-state index contributed by atoms with van der Waals surface area (Å²) in [5.74, 6) is 0.580. The number of hydrogen-bond donors (Lipinski definition) is 1. The molecule has 0 saturated heterocycles. The van der Waals surface area contributed by atoms with Gasteiger partial charge in [0.1, 0.15) is 0 Å². The van der Waals surface area contributed by atoms with Crippen molar-refractivity contribution in [3.05, 3.63) is 0 Å².